The molecule has 2 unspecified atom stereocenters. The Kier molecular flexibility index (Phi) is 5.58. The van der Waals surface area contributed by atoms with Gasteiger partial charge in [0.05, 0.1) is 12.2 Å². The molecule has 118 valence electrons. The van der Waals surface area contributed by atoms with Crippen LogP contribution in [0.1, 0.15) is 55.6 Å². The van der Waals surface area contributed by atoms with Crippen LogP contribution in [0.25, 0.3) is 0 Å². The summed E-state index contributed by atoms with van der Waals surface area (Å²) in [6.07, 6.45) is 7.37. The summed E-state index contributed by atoms with van der Waals surface area (Å²) in [4.78, 5) is 12.2. The summed E-state index contributed by atoms with van der Waals surface area (Å²) < 4.78 is 1.85. The van der Waals surface area contributed by atoms with Crippen molar-refractivity contribution in [1.82, 2.24) is 25.6 Å². The quantitative estimate of drug-likeness (QED) is 0.888. The van der Waals surface area contributed by atoms with Crippen molar-refractivity contribution in [1.29, 1.82) is 0 Å². The predicted octanol–water partition coefficient (Wildman–Crippen LogP) is 1.54. The van der Waals surface area contributed by atoms with Crippen LogP contribution in [0.4, 0.5) is 0 Å². The van der Waals surface area contributed by atoms with E-state index >= 15 is 0 Å². The fourth-order valence-electron chi connectivity index (χ4n) is 3.23. The Bertz CT molecular complexity index is 472. The first kappa shape index (κ1) is 16.2. The molecule has 7 heteroatoms. The summed E-state index contributed by atoms with van der Waals surface area (Å²) in [5, 5.41) is 14.6. The summed E-state index contributed by atoms with van der Waals surface area (Å²) in [5.74, 6) is 0.488. The summed E-state index contributed by atoms with van der Waals surface area (Å²) in [5.41, 5.74) is 0.447. The van der Waals surface area contributed by atoms with E-state index in [2.05, 4.69) is 27.9 Å². The molecule has 1 aromatic heterocycles. The van der Waals surface area contributed by atoms with Gasteiger partial charge >= 0.3 is 0 Å². The third-order valence-corrected chi connectivity index (χ3v) is 4.60. The zero-order chi connectivity index (χ0) is 13.9. The third kappa shape index (κ3) is 3.74. The van der Waals surface area contributed by atoms with E-state index in [1.54, 1.807) is 6.20 Å². The van der Waals surface area contributed by atoms with Gasteiger partial charge in [0.25, 0.3) is 5.91 Å². The number of rotatable bonds is 3. The molecular formula is C14H24ClN5O. The van der Waals surface area contributed by atoms with Gasteiger partial charge in [-0.05, 0) is 44.7 Å². The Morgan fingerprint density at radius 1 is 1.33 bits per heavy atom. The Balaban J connectivity index is 0.00000161. The lowest BCUT2D eigenvalue weighted by molar-refractivity contribution is 0.0924. The Morgan fingerprint density at radius 3 is 2.76 bits per heavy atom. The summed E-state index contributed by atoms with van der Waals surface area (Å²) in [6.45, 7) is 4.21. The second-order valence-corrected chi connectivity index (χ2v) is 6.05. The topological polar surface area (TPSA) is 71.8 Å². The molecule has 1 aliphatic carbocycles. The lowest BCUT2D eigenvalue weighted by atomic mass is 10.1. The molecule has 0 aromatic carbocycles. The first-order valence-electron chi connectivity index (χ1n) is 7.67. The number of aromatic nitrogens is 3. The van der Waals surface area contributed by atoms with Crippen LogP contribution in [-0.4, -0.2) is 40.0 Å². The van der Waals surface area contributed by atoms with E-state index in [4.69, 9.17) is 0 Å². The fourth-order valence-corrected chi connectivity index (χ4v) is 3.23. The first-order chi connectivity index (χ1) is 9.74. The maximum absolute atomic E-state index is 12.2. The molecular weight excluding hydrogens is 290 g/mol. The summed E-state index contributed by atoms with van der Waals surface area (Å²) in [6, 6.07) is 0.669. The molecule has 1 saturated carbocycles. The van der Waals surface area contributed by atoms with E-state index in [1.165, 1.54) is 12.8 Å². The van der Waals surface area contributed by atoms with Gasteiger partial charge in [0.1, 0.15) is 0 Å². The van der Waals surface area contributed by atoms with E-state index in [1.807, 2.05) is 4.68 Å². The van der Waals surface area contributed by atoms with Gasteiger partial charge in [-0.1, -0.05) is 18.6 Å². The van der Waals surface area contributed by atoms with Crippen molar-refractivity contribution in [3.63, 3.8) is 0 Å². The van der Waals surface area contributed by atoms with E-state index < -0.39 is 0 Å². The molecule has 2 N–H and O–H groups in total. The number of nitrogens with zero attached hydrogens (tertiary/aromatic N) is 3. The van der Waals surface area contributed by atoms with E-state index in [0.29, 0.717) is 23.7 Å². The van der Waals surface area contributed by atoms with Crippen LogP contribution in [0.3, 0.4) is 0 Å². The van der Waals surface area contributed by atoms with E-state index in [0.717, 1.165) is 32.4 Å². The van der Waals surface area contributed by atoms with Gasteiger partial charge in [0, 0.05) is 6.04 Å². The van der Waals surface area contributed by atoms with Crippen LogP contribution in [0.5, 0.6) is 0 Å². The molecule has 0 bridgehead atoms. The smallest absolute Gasteiger partial charge is 0.273 e. The van der Waals surface area contributed by atoms with Crippen molar-refractivity contribution in [2.75, 3.05) is 13.1 Å². The standard InChI is InChI=1S/C14H23N5O.ClH/c1-10-3-2-4-12(10)16-14(20)13-9-19(18-17-13)11-5-7-15-8-6-11;/h9-12,15H,2-8H2,1H3,(H,16,20);1H. The molecule has 1 aliphatic heterocycles. The zero-order valence-corrected chi connectivity index (χ0v) is 13.2. The zero-order valence-electron chi connectivity index (χ0n) is 12.4. The van der Waals surface area contributed by atoms with Gasteiger partial charge in [-0.15, -0.1) is 17.5 Å². The average molecular weight is 314 g/mol. The van der Waals surface area contributed by atoms with Crippen molar-refractivity contribution in [2.24, 2.45) is 5.92 Å². The highest BCUT2D eigenvalue weighted by Crippen LogP contribution is 2.25. The highest BCUT2D eigenvalue weighted by Gasteiger charge is 2.26. The number of piperidine rings is 1. The SMILES string of the molecule is CC1CCCC1NC(=O)c1cn(C2CCNCC2)nn1.Cl. The molecule has 21 heavy (non-hydrogen) atoms. The Morgan fingerprint density at radius 2 is 2.10 bits per heavy atom. The number of hydrogen-bond acceptors (Lipinski definition) is 4. The van der Waals surface area contributed by atoms with Gasteiger partial charge < -0.3 is 10.6 Å². The van der Waals surface area contributed by atoms with E-state index in [9.17, 15) is 4.79 Å². The number of carbonyl (C=O) groups is 1. The van der Waals surface area contributed by atoms with Crippen molar-refractivity contribution in [3.05, 3.63) is 11.9 Å². The Hall–Kier alpha value is -1.14. The minimum Gasteiger partial charge on any atom is -0.348 e. The van der Waals surface area contributed by atoms with Crippen molar-refractivity contribution < 1.29 is 4.79 Å². The van der Waals surface area contributed by atoms with Crippen molar-refractivity contribution in [2.45, 2.75) is 51.1 Å². The second kappa shape index (κ2) is 7.22. The van der Waals surface area contributed by atoms with Crippen LogP contribution in [0.15, 0.2) is 6.20 Å². The van der Waals surface area contributed by atoms with Crippen LogP contribution in [-0.2, 0) is 0 Å². The molecule has 3 rings (SSSR count). The van der Waals surface area contributed by atoms with Gasteiger partial charge in [-0.25, -0.2) is 4.68 Å². The molecule has 1 saturated heterocycles. The summed E-state index contributed by atoms with van der Waals surface area (Å²) >= 11 is 0. The normalized spacial score (nSPS) is 26.3. The van der Waals surface area contributed by atoms with E-state index in [-0.39, 0.29) is 18.3 Å². The maximum atomic E-state index is 12.2. The largest absolute Gasteiger partial charge is 0.348 e. The average Bonchev–Trinajstić information content (AvgIpc) is 3.10. The van der Waals surface area contributed by atoms with Gasteiger partial charge in [-0.3, -0.25) is 4.79 Å². The van der Waals surface area contributed by atoms with Crippen LogP contribution in [0, 0.1) is 5.92 Å². The molecule has 0 spiro atoms. The number of carbonyl (C=O) groups excluding carboxylic acids is 1. The minimum absolute atomic E-state index is 0. The summed E-state index contributed by atoms with van der Waals surface area (Å²) in [7, 11) is 0. The highest BCUT2D eigenvalue weighted by molar-refractivity contribution is 5.92. The monoisotopic (exact) mass is 313 g/mol. The lowest BCUT2D eigenvalue weighted by Gasteiger charge is -2.22. The molecule has 1 aromatic rings. The minimum atomic E-state index is -0.0797. The van der Waals surface area contributed by atoms with Crippen LogP contribution in [0.2, 0.25) is 0 Å². The maximum Gasteiger partial charge on any atom is 0.273 e. The number of amides is 1. The molecule has 2 aliphatic rings. The number of hydrogen-bond donors (Lipinski definition) is 2. The molecule has 6 nitrogen and oxygen atoms in total. The molecule has 2 heterocycles. The van der Waals surface area contributed by atoms with Crippen molar-refractivity contribution >= 4 is 18.3 Å². The van der Waals surface area contributed by atoms with Gasteiger partial charge in [0.15, 0.2) is 5.69 Å². The number of halogens is 1. The molecule has 1 amide bonds. The first-order valence-corrected chi connectivity index (χ1v) is 7.67. The number of nitrogens with one attached hydrogen (secondary N) is 2. The second-order valence-electron chi connectivity index (χ2n) is 6.05. The lowest BCUT2D eigenvalue weighted by Crippen LogP contribution is -2.36. The third-order valence-electron chi connectivity index (χ3n) is 4.60. The molecule has 2 fully saturated rings. The fraction of sp³-hybridized carbons (Fsp3) is 0.786. The van der Waals surface area contributed by atoms with Gasteiger partial charge in [-0.2, -0.15) is 0 Å². The van der Waals surface area contributed by atoms with Crippen molar-refractivity contribution in [3.8, 4) is 0 Å². The molecule has 0 radical (unpaired) electrons. The van der Waals surface area contributed by atoms with Crippen LogP contribution >= 0.6 is 12.4 Å². The van der Waals surface area contributed by atoms with Crippen LogP contribution < -0.4 is 10.6 Å². The predicted molar refractivity (Wildman–Crippen MR) is 82.7 cm³/mol. The van der Waals surface area contributed by atoms with Gasteiger partial charge in [0.2, 0.25) is 0 Å². The highest BCUT2D eigenvalue weighted by atomic mass is 35.5. The Labute approximate surface area is 131 Å². The molecule has 2 atom stereocenters.